The van der Waals surface area contributed by atoms with E-state index >= 15 is 0 Å². The Balaban J connectivity index is 3.41. The summed E-state index contributed by atoms with van der Waals surface area (Å²) in [5.41, 5.74) is 0. The first-order valence-corrected chi connectivity index (χ1v) is 13.6. The summed E-state index contributed by atoms with van der Waals surface area (Å²) in [5, 5.41) is 0. The molecule has 216 valence electrons. The number of hydrogen-bond acceptors (Lipinski definition) is 12. The summed E-state index contributed by atoms with van der Waals surface area (Å²) < 4.78 is 34.6. The maximum absolute atomic E-state index is 5.93. The third kappa shape index (κ3) is 14.0. The zero-order valence-electron chi connectivity index (χ0n) is 23.9. The minimum atomic E-state index is 0.274. The van der Waals surface area contributed by atoms with Crippen molar-refractivity contribution in [1.29, 1.82) is 0 Å². The van der Waals surface area contributed by atoms with Gasteiger partial charge in [-0.15, -0.1) is 0 Å². The first-order chi connectivity index (χ1) is 18.1. The predicted molar refractivity (Wildman–Crippen MR) is 145 cm³/mol. The van der Waals surface area contributed by atoms with Crippen LogP contribution < -0.4 is 14.7 Å². The number of rotatable bonds is 25. The molecule has 0 aromatic carbocycles. The molecule has 1 aromatic heterocycles. The molecule has 12 nitrogen and oxygen atoms in total. The molecule has 1 aromatic rings. The number of hydrogen-bond donors (Lipinski definition) is 0. The number of unbranched alkanes of at least 4 members (excludes halogenated alkanes) is 2. The highest BCUT2D eigenvalue weighted by atomic mass is 16.5. The first-order valence-electron chi connectivity index (χ1n) is 13.6. The van der Waals surface area contributed by atoms with Crippen LogP contribution >= 0.6 is 0 Å². The average Bonchev–Trinajstić information content (AvgIpc) is 2.92. The zero-order valence-corrected chi connectivity index (χ0v) is 23.9. The highest BCUT2D eigenvalue weighted by Gasteiger charge is 2.21. The lowest BCUT2D eigenvalue weighted by molar-refractivity contribution is 0.0807. The van der Waals surface area contributed by atoms with Gasteiger partial charge in [-0.05, 0) is 40.5 Å². The Morgan fingerprint density at radius 1 is 0.432 bits per heavy atom. The molecule has 1 rings (SSSR count). The van der Waals surface area contributed by atoms with Crippen LogP contribution in [-0.2, 0) is 28.4 Å². The Bertz CT molecular complexity index is 608. The van der Waals surface area contributed by atoms with E-state index in [1.807, 2.05) is 42.4 Å². The van der Waals surface area contributed by atoms with E-state index in [1.54, 1.807) is 0 Å². The van der Waals surface area contributed by atoms with E-state index in [4.69, 9.17) is 43.4 Å². The fraction of sp³-hybridized carbons (Fsp3) is 0.880. The van der Waals surface area contributed by atoms with E-state index < -0.39 is 0 Å². The second-order valence-electron chi connectivity index (χ2n) is 8.12. The fourth-order valence-corrected chi connectivity index (χ4v) is 2.87. The lowest BCUT2D eigenvalue weighted by Crippen LogP contribution is -2.37. The van der Waals surface area contributed by atoms with Crippen LogP contribution in [0.15, 0.2) is 0 Å². The molecular formula is C25H50N6O6. The quantitative estimate of drug-likeness (QED) is 0.136. The number of anilines is 3. The molecule has 37 heavy (non-hydrogen) atoms. The topological polar surface area (TPSA) is 104 Å². The number of aromatic nitrogens is 3. The Morgan fingerprint density at radius 2 is 0.703 bits per heavy atom. The lowest BCUT2D eigenvalue weighted by atomic mass is 10.4. The molecule has 12 heteroatoms. The van der Waals surface area contributed by atoms with Crippen LogP contribution in [-0.4, -0.2) is 95.0 Å². The Labute approximate surface area is 223 Å². The largest absolute Gasteiger partial charge is 0.361 e. The molecule has 0 N–H and O–H groups in total. The van der Waals surface area contributed by atoms with Crippen LogP contribution in [0.1, 0.15) is 67.2 Å². The molecule has 0 aliphatic carbocycles. The molecular weight excluding hydrogens is 480 g/mol. The van der Waals surface area contributed by atoms with E-state index in [1.165, 1.54) is 0 Å². The Hall–Kier alpha value is -1.83. The van der Waals surface area contributed by atoms with Gasteiger partial charge >= 0.3 is 0 Å². The SMILES string of the molecule is CCCCOCN(COCCCC)c1nc(N(COCC)COCC)nc(N(COCC)COCC)n1. The van der Waals surface area contributed by atoms with E-state index in [2.05, 4.69) is 13.8 Å². The molecule has 0 saturated carbocycles. The third-order valence-electron chi connectivity index (χ3n) is 5.03. The van der Waals surface area contributed by atoms with Gasteiger partial charge in [0.25, 0.3) is 0 Å². The standard InChI is InChI=1S/C25H50N6O6/c1-7-13-15-36-21-31(22-37-16-14-8-2)25-27-23(29(17-32-9-3)18-33-10-4)26-24(28-25)30(19-34-11-5)20-35-12-6/h7-22H2,1-6H3. The van der Waals surface area contributed by atoms with E-state index in [0.29, 0.717) is 70.9 Å². The van der Waals surface area contributed by atoms with Gasteiger partial charge in [-0.25, -0.2) is 0 Å². The summed E-state index contributed by atoms with van der Waals surface area (Å²) in [7, 11) is 0. The summed E-state index contributed by atoms with van der Waals surface area (Å²) in [6.45, 7) is 17.2. The molecule has 0 aliphatic rings. The summed E-state index contributed by atoms with van der Waals surface area (Å²) in [5.74, 6) is 1.28. The minimum Gasteiger partial charge on any atom is -0.361 e. The Morgan fingerprint density at radius 3 is 0.946 bits per heavy atom. The van der Waals surface area contributed by atoms with Crippen LogP contribution in [0.5, 0.6) is 0 Å². The maximum atomic E-state index is 5.93. The summed E-state index contributed by atoms with van der Waals surface area (Å²) in [6, 6.07) is 0. The zero-order chi connectivity index (χ0) is 27.1. The average molecular weight is 531 g/mol. The van der Waals surface area contributed by atoms with Gasteiger partial charge in [0.15, 0.2) is 0 Å². The fourth-order valence-electron chi connectivity index (χ4n) is 2.87. The highest BCUT2D eigenvalue weighted by Crippen LogP contribution is 2.20. The minimum absolute atomic E-state index is 0.274. The Kier molecular flexibility index (Phi) is 19.9. The van der Waals surface area contributed by atoms with Crippen LogP contribution in [0.2, 0.25) is 0 Å². The van der Waals surface area contributed by atoms with Gasteiger partial charge in [-0.1, -0.05) is 26.7 Å². The van der Waals surface area contributed by atoms with Crippen molar-refractivity contribution in [1.82, 2.24) is 15.0 Å². The van der Waals surface area contributed by atoms with Crippen LogP contribution in [0, 0.1) is 0 Å². The van der Waals surface area contributed by atoms with E-state index in [9.17, 15) is 0 Å². The van der Waals surface area contributed by atoms with Gasteiger partial charge in [-0.2, -0.15) is 15.0 Å². The van der Waals surface area contributed by atoms with Crippen molar-refractivity contribution in [3.05, 3.63) is 0 Å². The molecule has 0 saturated heterocycles. The molecule has 0 spiro atoms. The number of ether oxygens (including phenoxy) is 6. The first kappa shape index (κ1) is 33.2. The molecule has 1 heterocycles. The van der Waals surface area contributed by atoms with Crippen molar-refractivity contribution in [2.24, 2.45) is 0 Å². The smallest absolute Gasteiger partial charge is 0.235 e. The molecule has 0 atom stereocenters. The normalized spacial score (nSPS) is 11.2. The lowest BCUT2D eigenvalue weighted by Gasteiger charge is -2.28. The van der Waals surface area contributed by atoms with Crippen molar-refractivity contribution in [2.45, 2.75) is 67.2 Å². The van der Waals surface area contributed by atoms with E-state index in [-0.39, 0.29) is 26.9 Å². The van der Waals surface area contributed by atoms with Crippen molar-refractivity contribution >= 4 is 17.8 Å². The third-order valence-corrected chi connectivity index (χ3v) is 5.03. The van der Waals surface area contributed by atoms with Gasteiger partial charge in [0.2, 0.25) is 17.8 Å². The summed E-state index contributed by atoms with van der Waals surface area (Å²) in [6.07, 6.45) is 4.07. The second-order valence-corrected chi connectivity index (χ2v) is 8.12. The van der Waals surface area contributed by atoms with E-state index in [0.717, 1.165) is 25.7 Å². The van der Waals surface area contributed by atoms with Crippen molar-refractivity contribution < 1.29 is 28.4 Å². The maximum Gasteiger partial charge on any atom is 0.235 e. The highest BCUT2D eigenvalue weighted by molar-refractivity contribution is 5.45. The van der Waals surface area contributed by atoms with Crippen molar-refractivity contribution in [2.75, 3.05) is 94.7 Å². The van der Waals surface area contributed by atoms with Crippen LogP contribution in [0.3, 0.4) is 0 Å². The molecule has 0 amide bonds. The molecule has 0 fully saturated rings. The van der Waals surface area contributed by atoms with Crippen LogP contribution in [0.25, 0.3) is 0 Å². The predicted octanol–water partition coefficient (Wildman–Crippen LogP) is 3.82. The summed E-state index contributed by atoms with van der Waals surface area (Å²) in [4.78, 5) is 19.8. The molecule has 0 bridgehead atoms. The van der Waals surface area contributed by atoms with Crippen molar-refractivity contribution in [3.63, 3.8) is 0 Å². The van der Waals surface area contributed by atoms with Gasteiger partial charge in [-0.3, -0.25) is 14.7 Å². The van der Waals surface area contributed by atoms with Gasteiger partial charge in [0.1, 0.15) is 40.4 Å². The summed E-state index contributed by atoms with van der Waals surface area (Å²) >= 11 is 0. The van der Waals surface area contributed by atoms with Crippen LogP contribution in [0.4, 0.5) is 17.8 Å². The van der Waals surface area contributed by atoms with Gasteiger partial charge in [0, 0.05) is 39.6 Å². The monoisotopic (exact) mass is 530 g/mol. The molecule has 0 unspecified atom stereocenters. The van der Waals surface area contributed by atoms with Gasteiger partial charge < -0.3 is 28.4 Å². The van der Waals surface area contributed by atoms with Gasteiger partial charge in [0.05, 0.1) is 0 Å². The molecule has 0 aliphatic heterocycles. The number of nitrogens with zero attached hydrogens (tertiary/aromatic N) is 6. The molecule has 0 radical (unpaired) electrons. The van der Waals surface area contributed by atoms with Crippen molar-refractivity contribution in [3.8, 4) is 0 Å². The second kappa shape index (κ2) is 22.2.